The van der Waals surface area contributed by atoms with Crippen molar-refractivity contribution < 1.29 is 4.39 Å². The van der Waals surface area contributed by atoms with Gasteiger partial charge in [0.05, 0.1) is 5.03 Å². The van der Waals surface area contributed by atoms with Crippen molar-refractivity contribution >= 4 is 23.2 Å². The van der Waals surface area contributed by atoms with E-state index in [2.05, 4.69) is 0 Å². The molecule has 0 heterocycles. The Morgan fingerprint density at radius 3 is 1.67 bits per heavy atom. The van der Waals surface area contributed by atoms with Gasteiger partial charge in [-0.05, 0) is 18.5 Å². The normalized spacial score (nSPS) is 14.0. The van der Waals surface area contributed by atoms with E-state index in [4.69, 9.17) is 23.2 Å². The fourth-order valence-electron chi connectivity index (χ4n) is 0. The molecule has 0 saturated carbocycles. The number of hydrogen-bond donors (Lipinski definition) is 0. The highest BCUT2D eigenvalue weighted by Gasteiger charge is 1.87. The fraction of sp³-hybridized carbons (Fsp3) is 0.333. The van der Waals surface area contributed by atoms with Crippen LogP contribution in [0.15, 0.2) is 10.3 Å². The molecular formula is C3H3Cl2F. The Balaban J connectivity index is 3.68. The van der Waals surface area contributed by atoms with Gasteiger partial charge in [0.15, 0.2) is 0 Å². The van der Waals surface area contributed by atoms with Crippen molar-refractivity contribution in [3.05, 3.63) is 10.3 Å². The summed E-state index contributed by atoms with van der Waals surface area (Å²) in [5.74, 6) is 0. The third-order valence-corrected chi connectivity index (χ3v) is 0.807. The zero-order valence-corrected chi connectivity index (χ0v) is 4.65. The monoisotopic (exact) mass is 128 g/mol. The molecule has 36 valence electrons. The maximum absolute atomic E-state index is 11.3. The smallest absolute Gasteiger partial charge is 0.192 e. The lowest BCUT2D eigenvalue weighted by atomic mass is 10.7. The highest BCUT2D eigenvalue weighted by Crippen LogP contribution is 2.12. The van der Waals surface area contributed by atoms with E-state index in [9.17, 15) is 4.39 Å². The standard InChI is InChI=1S/C3H3Cl2F/c1-2(4)3(5)6/h1H3/b3-2-. The molecule has 0 aliphatic rings. The van der Waals surface area contributed by atoms with Crippen LogP contribution in [0.3, 0.4) is 0 Å². The Kier molecular flexibility index (Phi) is 2.53. The van der Waals surface area contributed by atoms with E-state index in [1.165, 1.54) is 6.92 Å². The quantitative estimate of drug-likeness (QED) is 0.471. The first-order valence-corrected chi connectivity index (χ1v) is 2.07. The van der Waals surface area contributed by atoms with Crippen LogP contribution in [0.4, 0.5) is 4.39 Å². The lowest BCUT2D eigenvalue weighted by Gasteiger charge is -1.77. The summed E-state index contributed by atoms with van der Waals surface area (Å²) in [4.78, 5) is 0. The van der Waals surface area contributed by atoms with Gasteiger partial charge in [0.25, 0.3) is 0 Å². The molecule has 0 bridgehead atoms. The van der Waals surface area contributed by atoms with Crippen LogP contribution in [0, 0.1) is 0 Å². The molecule has 0 aromatic heterocycles. The molecule has 0 aromatic carbocycles. The van der Waals surface area contributed by atoms with Crippen LogP contribution in [0.2, 0.25) is 0 Å². The number of halogens is 3. The van der Waals surface area contributed by atoms with Crippen molar-refractivity contribution in [2.24, 2.45) is 0 Å². The molecule has 0 unspecified atom stereocenters. The molecule has 0 spiro atoms. The van der Waals surface area contributed by atoms with Crippen LogP contribution < -0.4 is 0 Å². The van der Waals surface area contributed by atoms with Gasteiger partial charge in [-0.3, -0.25) is 0 Å². The van der Waals surface area contributed by atoms with E-state index in [-0.39, 0.29) is 5.03 Å². The molecule has 0 aliphatic carbocycles. The van der Waals surface area contributed by atoms with E-state index in [1.807, 2.05) is 0 Å². The van der Waals surface area contributed by atoms with Crippen molar-refractivity contribution in [1.29, 1.82) is 0 Å². The zero-order valence-electron chi connectivity index (χ0n) is 3.13. The van der Waals surface area contributed by atoms with Gasteiger partial charge in [-0.1, -0.05) is 11.6 Å². The molecule has 0 atom stereocenters. The van der Waals surface area contributed by atoms with Gasteiger partial charge >= 0.3 is 0 Å². The Morgan fingerprint density at radius 2 is 1.67 bits per heavy atom. The minimum Gasteiger partial charge on any atom is -0.192 e. The van der Waals surface area contributed by atoms with Crippen molar-refractivity contribution in [1.82, 2.24) is 0 Å². The highest BCUT2D eigenvalue weighted by molar-refractivity contribution is 6.37. The fourth-order valence-corrected chi connectivity index (χ4v) is 0. The van der Waals surface area contributed by atoms with Crippen LogP contribution >= 0.6 is 23.2 Å². The third kappa shape index (κ3) is 2.49. The minimum atomic E-state index is -0.836. The van der Waals surface area contributed by atoms with Crippen molar-refractivity contribution in [2.45, 2.75) is 6.92 Å². The van der Waals surface area contributed by atoms with E-state index in [1.54, 1.807) is 0 Å². The zero-order chi connectivity index (χ0) is 5.15. The first-order chi connectivity index (χ1) is 2.64. The van der Waals surface area contributed by atoms with Crippen molar-refractivity contribution in [2.75, 3.05) is 0 Å². The van der Waals surface area contributed by atoms with Crippen LogP contribution in [0.1, 0.15) is 6.92 Å². The van der Waals surface area contributed by atoms with Crippen LogP contribution in [0.5, 0.6) is 0 Å². The van der Waals surface area contributed by atoms with Crippen molar-refractivity contribution in [3.8, 4) is 0 Å². The third-order valence-electron chi connectivity index (χ3n) is 0.260. The van der Waals surface area contributed by atoms with Crippen LogP contribution in [-0.2, 0) is 0 Å². The molecule has 0 radical (unpaired) electrons. The van der Waals surface area contributed by atoms with Gasteiger partial charge < -0.3 is 0 Å². The van der Waals surface area contributed by atoms with Gasteiger partial charge in [0.2, 0.25) is 5.29 Å². The molecule has 0 nitrogen and oxygen atoms in total. The molecule has 0 fully saturated rings. The van der Waals surface area contributed by atoms with Gasteiger partial charge in [-0.2, -0.15) is 4.39 Å². The minimum absolute atomic E-state index is 0.00309. The maximum atomic E-state index is 11.3. The number of rotatable bonds is 0. The molecule has 0 N–H and O–H groups in total. The second-order valence-corrected chi connectivity index (χ2v) is 1.69. The Labute approximate surface area is 45.6 Å². The first kappa shape index (κ1) is 6.25. The first-order valence-electron chi connectivity index (χ1n) is 1.32. The molecule has 3 heteroatoms. The average Bonchev–Trinajstić information content (AvgIpc) is 1.36. The summed E-state index contributed by atoms with van der Waals surface area (Å²) < 4.78 is 11.3. The van der Waals surface area contributed by atoms with Gasteiger partial charge in [0, 0.05) is 0 Å². The van der Waals surface area contributed by atoms with E-state index in [0.29, 0.717) is 0 Å². The van der Waals surface area contributed by atoms with E-state index in [0.717, 1.165) is 0 Å². The molecule has 0 rings (SSSR count). The second kappa shape index (κ2) is 2.43. The molecular weight excluding hydrogens is 126 g/mol. The summed E-state index contributed by atoms with van der Waals surface area (Å²) in [6.45, 7) is 1.38. The van der Waals surface area contributed by atoms with E-state index >= 15 is 0 Å². The summed E-state index contributed by atoms with van der Waals surface area (Å²) >= 11 is 9.68. The lowest BCUT2D eigenvalue weighted by molar-refractivity contribution is 0.690. The average molecular weight is 129 g/mol. The molecule has 0 aromatic rings. The molecule has 0 aliphatic heterocycles. The molecule has 0 amide bonds. The summed E-state index contributed by atoms with van der Waals surface area (Å²) in [6, 6.07) is 0. The number of allylic oxidation sites excluding steroid dienone is 1. The predicted octanol–water partition coefficient (Wildman–Crippen LogP) is 2.62. The molecule has 6 heavy (non-hydrogen) atoms. The van der Waals surface area contributed by atoms with Gasteiger partial charge in [0.1, 0.15) is 0 Å². The van der Waals surface area contributed by atoms with Gasteiger partial charge in [-0.25, -0.2) is 0 Å². The Morgan fingerprint density at radius 1 is 1.50 bits per heavy atom. The summed E-state index contributed by atoms with van der Waals surface area (Å²) in [7, 11) is 0. The van der Waals surface area contributed by atoms with Crippen molar-refractivity contribution in [3.63, 3.8) is 0 Å². The topological polar surface area (TPSA) is 0 Å². The Hall–Kier alpha value is 0.250. The summed E-state index contributed by atoms with van der Waals surface area (Å²) in [6.07, 6.45) is 0. The lowest BCUT2D eigenvalue weighted by Crippen LogP contribution is -1.55. The SMILES string of the molecule is C/C(Cl)=C(/F)Cl. The van der Waals surface area contributed by atoms with E-state index < -0.39 is 5.29 Å². The highest BCUT2D eigenvalue weighted by atomic mass is 35.5. The van der Waals surface area contributed by atoms with Gasteiger partial charge in [-0.15, -0.1) is 0 Å². The molecule has 0 saturated heterocycles. The Bertz CT molecular complexity index is 58.9. The van der Waals surface area contributed by atoms with Crippen LogP contribution in [-0.4, -0.2) is 0 Å². The number of hydrogen-bond acceptors (Lipinski definition) is 0. The summed E-state index contributed by atoms with van der Waals surface area (Å²) in [5, 5.41) is -0.840. The predicted molar refractivity (Wildman–Crippen MR) is 25.5 cm³/mol. The van der Waals surface area contributed by atoms with Crippen LogP contribution in [0.25, 0.3) is 0 Å². The summed E-state index contributed by atoms with van der Waals surface area (Å²) in [5.41, 5.74) is 0. The largest absolute Gasteiger partial charge is 0.203 e. The second-order valence-electron chi connectivity index (χ2n) is 0.794. The maximum Gasteiger partial charge on any atom is 0.203 e.